The van der Waals surface area contributed by atoms with Gasteiger partial charge in [-0.3, -0.25) is 4.79 Å². The average molecular weight is 376 g/mol. The average Bonchev–Trinajstić information content (AvgIpc) is 3.13. The maximum atomic E-state index is 12.8. The van der Waals surface area contributed by atoms with Crippen molar-refractivity contribution in [3.05, 3.63) is 76.3 Å². The maximum Gasteiger partial charge on any atom is 0.345 e. The van der Waals surface area contributed by atoms with Crippen LogP contribution in [0.4, 0.5) is 0 Å². The van der Waals surface area contributed by atoms with E-state index in [2.05, 4.69) is 5.32 Å². The van der Waals surface area contributed by atoms with Gasteiger partial charge in [-0.25, -0.2) is 4.79 Å². The van der Waals surface area contributed by atoms with Gasteiger partial charge in [0, 0.05) is 18.5 Å². The Bertz CT molecular complexity index is 1220. The molecule has 2 heterocycles. The first-order valence-electron chi connectivity index (χ1n) is 9.08. The molecule has 2 aromatic heterocycles. The first kappa shape index (κ1) is 17.9. The summed E-state index contributed by atoms with van der Waals surface area (Å²) in [7, 11) is 1.61. The van der Waals surface area contributed by atoms with Crippen LogP contribution in [0.2, 0.25) is 0 Å². The number of carbonyl (C=O) groups excluding carboxylic acids is 1. The van der Waals surface area contributed by atoms with E-state index in [1.165, 1.54) is 0 Å². The van der Waals surface area contributed by atoms with E-state index in [4.69, 9.17) is 9.15 Å². The normalized spacial score (nSPS) is 11.1. The van der Waals surface area contributed by atoms with E-state index < -0.39 is 5.63 Å². The van der Waals surface area contributed by atoms with Crippen molar-refractivity contribution in [1.82, 2.24) is 9.88 Å². The van der Waals surface area contributed by atoms with Crippen LogP contribution in [-0.4, -0.2) is 17.6 Å². The SMILES string of the molecule is CCn1c(C(=O)NCc2ccc(OC)cc2)cc2c(=O)oc3ccccc3c21. The third-order valence-electron chi connectivity index (χ3n) is 4.82. The smallest absolute Gasteiger partial charge is 0.345 e. The van der Waals surface area contributed by atoms with Gasteiger partial charge in [0.2, 0.25) is 0 Å². The molecule has 0 aliphatic heterocycles. The molecule has 0 spiro atoms. The molecule has 142 valence electrons. The van der Waals surface area contributed by atoms with Gasteiger partial charge in [0.15, 0.2) is 0 Å². The summed E-state index contributed by atoms with van der Waals surface area (Å²) in [6.45, 7) is 2.88. The Morgan fingerprint density at radius 3 is 2.57 bits per heavy atom. The van der Waals surface area contributed by atoms with E-state index >= 15 is 0 Å². The summed E-state index contributed by atoms with van der Waals surface area (Å²) in [5, 5.41) is 4.15. The zero-order valence-electron chi connectivity index (χ0n) is 15.7. The second kappa shape index (κ2) is 7.23. The summed E-state index contributed by atoms with van der Waals surface area (Å²) < 4.78 is 12.4. The number of nitrogens with one attached hydrogen (secondary N) is 1. The standard InChI is InChI=1S/C22H20N2O4/c1-3-24-18(21(25)23-13-14-8-10-15(27-2)11-9-14)12-17-20(24)16-6-4-5-7-19(16)28-22(17)26/h4-12H,3,13H2,1-2H3,(H,23,25). The fourth-order valence-corrected chi connectivity index (χ4v) is 3.43. The predicted molar refractivity (Wildman–Crippen MR) is 108 cm³/mol. The number of carbonyl (C=O) groups is 1. The Labute approximate surface area is 161 Å². The minimum atomic E-state index is -0.440. The Hall–Kier alpha value is -3.54. The molecular formula is C22H20N2O4. The molecule has 0 saturated carbocycles. The van der Waals surface area contributed by atoms with Gasteiger partial charge in [-0.1, -0.05) is 24.3 Å². The number of hydrogen-bond acceptors (Lipinski definition) is 4. The van der Waals surface area contributed by atoms with Gasteiger partial charge in [0.05, 0.1) is 18.0 Å². The highest BCUT2D eigenvalue weighted by atomic mass is 16.5. The molecule has 0 aliphatic rings. The van der Waals surface area contributed by atoms with Gasteiger partial charge < -0.3 is 19.0 Å². The Morgan fingerprint density at radius 2 is 1.86 bits per heavy atom. The molecule has 0 atom stereocenters. The fraction of sp³-hybridized carbons (Fsp3) is 0.182. The molecule has 28 heavy (non-hydrogen) atoms. The number of rotatable bonds is 5. The predicted octanol–water partition coefficient (Wildman–Crippen LogP) is 3.71. The van der Waals surface area contributed by atoms with Crippen molar-refractivity contribution in [2.24, 2.45) is 0 Å². The van der Waals surface area contributed by atoms with E-state index in [9.17, 15) is 9.59 Å². The van der Waals surface area contributed by atoms with Crippen LogP contribution in [0.15, 0.2) is 63.8 Å². The van der Waals surface area contributed by atoms with Crippen LogP contribution in [-0.2, 0) is 13.1 Å². The summed E-state index contributed by atoms with van der Waals surface area (Å²) in [4.78, 5) is 25.3. The van der Waals surface area contributed by atoms with Crippen molar-refractivity contribution in [3.63, 3.8) is 0 Å². The van der Waals surface area contributed by atoms with Crippen molar-refractivity contribution < 1.29 is 13.9 Å². The summed E-state index contributed by atoms with van der Waals surface area (Å²) in [6.07, 6.45) is 0. The number of para-hydroxylation sites is 1. The molecular weight excluding hydrogens is 356 g/mol. The lowest BCUT2D eigenvalue weighted by Crippen LogP contribution is -2.25. The van der Waals surface area contributed by atoms with E-state index in [0.29, 0.717) is 29.8 Å². The molecule has 4 rings (SSSR count). The number of methoxy groups -OCH3 is 1. The second-order valence-corrected chi connectivity index (χ2v) is 6.45. The Kier molecular flexibility index (Phi) is 4.61. The van der Waals surface area contributed by atoms with Gasteiger partial charge in [0.25, 0.3) is 5.91 Å². The molecule has 2 aromatic carbocycles. The van der Waals surface area contributed by atoms with Gasteiger partial charge in [-0.15, -0.1) is 0 Å². The number of aromatic nitrogens is 1. The van der Waals surface area contributed by atoms with Crippen LogP contribution in [0, 0.1) is 0 Å². The number of amides is 1. The van der Waals surface area contributed by atoms with Crippen LogP contribution < -0.4 is 15.7 Å². The molecule has 0 radical (unpaired) electrons. The highest BCUT2D eigenvalue weighted by Gasteiger charge is 2.19. The molecule has 0 bridgehead atoms. The third-order valence-corrected chi connectivity index (χ3v) is 4.82. The van der Waals surface area contributed by atoms with Gasteiger partial charge >= 0.3 is 5.63 Å². The van der Waals surface area contributed by atoms with E-state index in [1.807, 2.05) is 54.0 Å². The van der Waals surface area contributed by atoms with Crippen LogP contribution in [0.5, 0.6) is 5.75 Å². The monoisotopic (exact) mass is 376 g/mol. The highest BCUT2D eigenvalue weighted by molar-refractivity contribution is 6.07. The van der Waals surface area contributed by atoms with Crippen LogP contribution in [0.25, 0.3) is 21.9 Å². The van der Waals surface area contributed by atoms with Crippen molar-refractivity contribution in [2.45, 2.75) is 20.0 Å². The lowest BCUT2D eigenvalue weighted by atomic mass is 10.2. The van der Waals surface area contributed by atoms with E-state index in [0.717, 1.165) is 22.2 Å². The lowest BCUT2D eigenvalue weighted by molar-refractivity contribution is 0.0942. The largest absolute Gasteiger partial charge is 0.497 e. The second-order valence-electron chi connectivity index (χ2n) is 6.45. The summed E-state index contributed by atoms with van der Waals surface area (Å²) in [5.41, 5.74) is 2.19. The number of aryl methyl sites for hydroxylation is 1. The van der Waals surface area contributed by atoms with E-state index in [-0.39, 0.29) is 5.91 Å². The molecule has 0 unspecified atom stereocenters. The highest BCUT2D eigenvalue weighted by Crippen LogP contribution is 2.26. The summed E-state index contributed by atoms with van der Waals surface area (Å²) in [6, 6.07) is 16.5. The van der Waals surface area contributed by atoms with Crippen molar-refractivity contribution in [1.29, 1.82) is 0 Å². The van der Waals surface area contributed by atoms with Gasteiger partial charge in [-0.05, 0) is 42.8 Å². The molecule has 6 nitrogen and oxygen atoms in total. The number of benzene rings is 2. The third kappa shape index (κ3) is 3.03. The van der Waals surface area contributed by atoms with E-state index in [1.54, 1.807) is 19.2 Å². The number of fused-ring (bicyclic) bond motifs is 3. The van der Waals surface area contributed by atoms with Crippen molar-refractivity contribution in [3.8, 4) is 5.75 Å². The molecule has 0 aliphatic carbocycles. The van der Waals surface area contributed by atoms with Crippen molar-refractivity contribution in [2.75, 3.05) is 7.11 Å². The molecule has 1 amide bonds. The quantitative estimate of drug-likeness (QED) is 0.539. The topological polar surface area (TPSA) is 73.5 Å². The zero-order chi connectivity index (χ0) is 19.7. The first-order chi connectivity index (χ1) is 13.6. The molecule has 1 N–H and O–H groups in total. The number of nitrogens with zero attached hydrogens (tertiary/aromatic N) is 1. The Morgan fingerprint density at radius 1 is 1.11 bits per heavy atom. The Balaban J connectivity index is 1.71. The first-order valence-corrected chi connectivity index (χ1v) is 9.08. The molecule has 6 heteroatoms. The number of ether oxygens (including phenoxy) is 1. The lowest BCUT2D eigenvalue weighted by Gasteiger charge is -2.10. The molecule has 0 fully saturated rings. The molecule has 0 saturated heterocycles. The summed E-state index contributed by atoms with van der Waals surface area (Å²) >= 11 is 0. The molecule has 4 aromatic rings. The van der Waals surface area contributed by atoms with Crippen LogP contribution >= 0.6 is 0 Å². The van der Waals surface area contributed by atoms with Crippen LogP contribution in [0.3, 0.4) is 0 Å². The van der Waals surface area contributed by atoms with Gasteiger partial charge in [0.1, 0.15) is 17.0 Å². The van der Waals surface area contributed by atoms with Crippen LogP contribution in [0.1, 0.15) is 23.0 Å². The van der Waals surface area contributed by atoms with Crippen molar-refractivity contribution >= 4 is 27.8 Å². The number of hydrogen-bond donors (Lipinski definition) is 1. The minimum absolute atomic E-state index is 0.239. The minimum Gasteiger partial charge on any atom is -0.497 e. The fourth-order valence-electron chi connectivity index (χ4n) is 3.43. The maximum absolute atomic E-state index is 12.8. The summed E-state index contributed by atoms with van der Waals surface area (Å²) in [5.74, 6) is 0.525. The zero-order valence-corrected chi connectivity index (χ0v) is 15.7. The van der Waals surface area contributed by atoms with Gasteiger partial charge in [-0.2, -0.15) is 0 Å².